The topological polar surface area (TPSA) is 131 Å². The molecule has 2 aromatic carbocycles. The van der Waals surface area contributed by atoms with Gasteiger partial charge in [0.15, 0.2) is 0 Å². The molecule has 2 aromatic rings. The lowest BCUT2D eigenvalue weighted by molar-refractivity contribution is -0.385. The lowest BCUT2D eigenvalue weighted by Crippen LogP contribution is -2.09. The number of benzene rings is 2. The maximum atomic E-state index is 13.0. The molecular weight excluding hydrogens is 447 g/mol. The highest BCUT2D eigenvalue weighted by atomic mass is 32.2. The number of nitro benzene ring substituents is 1. The molecule has 11 nitrogen and oxygen atoms in total. The van der Waals surface area contributed by atoms with Crippen LogP contribution in [-0.2, 0) is 25.7 Å². The molecule has 13 heteroatoms. The first-order chi connectivity index (χ1) is 14.6. The number of nitrogens with zero attached hydrogens (tertiary/aromatic N) is 3. The number of sulfonamides is 1. The summed E-state index contributed by atoms with van der Waals surface area (Å²) in [6.45, 7) is 2.94. The average Bonchev–Trinajstić information content (AvgIpc) is 3.58. The number of anilines is 1. The lowest BCUT2D eigenvalue weighted by atomic mass is 10.2. The Morgan fingerprint density at radius 3 is 2.23 bits per heavy atom. The van der Waals surface area contributed by atoms with Crippen molar-refractivity contribution < 1.29 is 27.2 Å². The van der Waals surface area contributed by atoms with E-state index in [9.17, 15) is 23.1 Å². The predicted octanol–water partition coefficient (Wildman–Crippen LogP) is 3.01. The van der Waals surface area contributed by atoms with Crippen molar-refractivity contribution in [3.63, 3.8) is 0 Å². The van der Waals surface area contributed by atoms with Gasteiger partial charge in [0.2, 0.25) is 15.8 Å². The summed E-state index contributed by atoms with van der Waals surface area (Å²) >= 11 is 0. The van der Waals surface area contributed by atoms with Crippen LogP contribution in [0.2, 0.25) is 0 Å². The van der Waals surface area contributed by atoms with Crippen molar-refractivity contribution in [1.29, 1.82) is 0 Å². The summed E-state index contributed by atoms with van der Waals surface area (Å²) in [6.07, 6.45) is 1.04. The highest BCUT2D eigenvalue weighted by Crippen LogP contribution is 2.61. The van der Waals surface area contributed by atoms with Gasteiger partial charge in [-0.15, -0.1) is 0 Å². The van der Waals surface area contributed by atoms with E-state index in [4.69, 9.17) is 9.26 Å². The molecule has 0 atom stereocenters. The third-order valence-electron chi connectivity index (χ3n) is 4.57. The van der Waals surface area contributed by atoms with Crippen LogP contribution in [0.15, 0.2) is 42.5 Å². The van der Waals surface area contributed by atoms with Gasteiger partial charge in [0, 0.05) is 37.9 Å². The number of hydrogen-bond donors (Lipinski definition) is 1. The van der Waals surface area contributed by atoms with E-state index in [1.54, 1.807) is 15.4 Å². The van der Waals surface area contributed by atoms with E-state index >= 15 is 0 Å². The van der Waals surface area contributed by atoms with Crippen LogP contribution in [0.1, 0.15) is 5.56 Å². The van der Waals surface area contributed by atoms with E-state index in [2.05, 4.69) is 4.72 Å². The van der Waals surface area contributed by atoms with E-state index in [1.165, 1.54) is 36.4 Å². The van der Waals surface area contributed by atoms with Crippen molar-refractivity contribution in [2.75, 3.05) is 37.2 Å². The molecule has 0 aromatic heterocycles. The third-order valence-corrected chi connectivity index (χ3v) is 7.87. The maximum absolute atomic E-state index is 13.0. The van der Waals surface area contributed by atoms with Gasteiger partial charge in [0.05, 0.1) is 17.8 Å². The van der Waals surface area contributed by atoms with Crippen LogP contribution in [0.25, 0.3) is 0 Å². The van der Waals surface area contributed by atoms with Crippen LogP contribution >= 0.6 is 7.67 Å². The Morgan fingerprint density at radius 2 is 1.71 bits per heavy atom. The fourth-order valence-electron chi connectivity index (χ4n) is 2.91. The summed E-state index contributed by atoms with van der Waals surface area (Å²) in [4.78, 5) is 10.8. The zero-order valence-electron chi connectivity index (χ0n) is 16.6. The molecule has 2 heterocycles. The Balaban J connectivity index is 1.51. The molecule has 2 aliphatic rings. The summed E-state index contributed by atoms with van der Waals surface area (Å²) < 4.78 is 53.0. The smallest absolute Gasteiger partial charge is 0.346 e. The second-order valence-electron chi connectivity index (χ2n) is 7.23. The molecule has 166 valence electrons. The summed E-state index contributed by atoms with van der Waals surface area (Å²) in [5, 5.41) is 11.4. The Bertz CT molecular complexity index is 1130. The first-order valence-electron chi connectivity index (χ1n) is 9.42. The second kappa shape index (κ2) is 8.21. The summed E-state index contributed by atoms with van der Waals surface area (Å²) in [6, 6.07) is 10.3. The predicted molar refractivity (Wildman–Crippen MR) is 114 cm³/mol. The molecule has 0 spiro atoms. The molecule has 0 amide bonds. The number of ether oxygens (including phenoxy) is 1. The Morgan fingerprint density at radius 1 is 1.10 bits per heavy atom. The van der Waals surface area contributed by atoms with E-state index in [0.29, 0.717) is 17.0 Å². The van der Waals surface area contributed by atoms with Gasteiger partial charge < -0.3 is 9.26 Å². The maximum Gasteiger partial charge on any atom is 0.346 e. The monoisotopic (exact) mass is 468 g/mol. The quantitative estimate of drug-likeness (QED) is 0.242. The molecule has 1 N–H and O–H groups in total. The van der Waals surface area contributed by atoms with Crippen LogP contribution in [0.3, 0.4) is 0 Å². The van der Waals surface area contributed by atoms with Gasteiger partial charge in [-0.1, -0.05) is 0 Å². The zero-order valence-corrected chi connectivity index (χ0v) is 18.3. The van der Waals surface area contributed by atoms with Crippen LogP contribution in [0, 0.1) is 10.1 Å². The Hall–Kier alpha value is -2.50. The van der Waals surface area contributed by atoms with Gasteiger partial charge in [-0.3, -0.25) is 19.4 Å². The molecule has 0 unspecified atom stereocenters. The van der Waals surface area contributed by atoms with E-state index in [0.717, 1.165) is 32.4 Å². The van der Waals surface area contributed by atoms with Crippen molar-refractivity contribution >= 4 is 29.1 Å². The molecule has 4 rings (SSSR count). The molecule has 2 saturated heterocycles. The normalized spacial score (nSPS) is 16.7. The van der Waals surface area contributed by atoms with Crippen LogP contribution in [0.5, 0.6) is 11.5 Å². The molecule has 0 bridgehead atoms. The van der Waals surface area contributed by atoms with E-state index in [1.807, 2.05) is 0 Å². The first-order valence-corrected chi connectivity index (χ1v) is 12.8. The van der Waals surface area contributed by atoms with Gasteiger partial charge in [0.1, 0.15) is 5.75 Å². The Labute approximate surface area is 179 Å². The fourth-order valence-corrected chi connectivity index (χ4v) is 5.66. The Kier molecular flexibility index (Phi) is 5.75. The molecule has 0 aliphatic carbocycles. The molecular formula is C18H21N4O7PS. The van der Waals surface area contributed by atoms with E-state index in [-0.39, 0.29) is 18.0 Å². The van der Waals surface area contributed by atoms with Gasteiger partial charge in [-0.05, 0) is 42.0 Å². The van der Waals surface area contributed by atoms with Gasteiger partial charge >= 0.3 is 13.4 Å². The van der Waals surface area contributed by atoms with Crippen LogP contribution < -0.4 is 9.46 Å². The molecule has 0 saturated carbocycles. The molecule has 31 heavy (non-hydrogen) atoms. The van der Waals surface area contributed by atoms with Crippen molar-refractivity contribution in [3.05, 3.63) is 58.1 Å². The average molecular weight is 468 g/mol. The first kappa shape index (κ1) is 21.7. The van der Waals surface area contributed by atoms with Crippen molar-refractivity contribution in [1.82, 2.24) is 9.34 Å². The standard InChI is InChI=1S/C18H21N4O7PS/c1-31(26,27)19-15-3-5-16(6-4-15)29-18-12-14(2-7-17(18)22(23)24)13-28-30(25,20-8-9-20)21-10-11-21/h2-7,12,19H,8-11,13H2,1H3. The minimum absolute atomic E-state index is 0.00297. The SMILES string of the molecule is CS(=O)(=O)Nc1ccc(Oc2cc(COP(=O)(N3CC3)N3CC3)ccc2[N+](=O)[O-])cc1. The highest BCUT2D eigenvalue weighted by molar-refractivity contribution is 7.92. The van der Waals surface area contributed by atoms with Crippen molar-refractivity contribution in [3.8, 4) is 11.5 Å². The lowest BCUT2D eigenvalue weighted by Gasteiger charge is -2.19. The largest absolute Gasteiger partial charge is 0.450 e. The van der Waals surface area contributed by atoms with Gasteiger partial charge in [-0.25, -0.2) is 17.8 Å². The second-order valence-corrected chi connectivity index (χ2v) is 11.4. The number of nitro groups is 1. The minimum Gasteiger partial charge on any atom is -0.450 e. The zero-order chi connectivity index (χ0) is 22.2. The van der Waals surface area contributed by atoms with Gasteiger partial charge in [-0.2, -0.15) is 0 Å². The van der Waals surface area contributed by atoms with Gasteiger partial charge in [0.25, 0.3) is 0 Å². The fraction of sp³-hybridized carbons (Fsp3) is 0.333. The number of hydrogen-bond acceptors (Lipinski definition) is 7. The van der Waals surface area contributed by atoms with Crippen molar-refractivity contribution in [2.45, 2.75) is 6.61 Å². The summed E-state index contributed by atoms with van der Waals surface area (Å²) in [7, 11) is -6.42. The van der Waals surface area contributed by atoms with E-state index < -0.39 is 22.6 Å². The number of rotatable bonds is 10. The third kappa shape index (κ3) is 5.41. The molecule has 0 radical (unpaired) electrons. The minimum atomic E-state index is -3.42. The number of nitrogens with one attached hydrogen (secondary N) is 1. The highest BCUT2D eigenvalue weighted by Gasteiger charge is 2.49. The van der Waals surface area contributed by atoms with Crippen LogP contribution in [-0.4, -0.2) is 55.1 Å². The van der Waals surface area contributed by atoms with Crippen LogP contribution in [0.4, 0.5) is 11.4 Å². The van der Waals surface area contributed by atoms with Crippen molar-refractivity contribution in [2.24, 2.45) is 0 Å². The summed E-state index contributed by atoms with van der Waals surface area (Å²) in [5.41, 5.74) is 0.689. The summed E-state index contributed by atoms with van der Waals surface area (Å²) in [5.74, 6) is 0.294. The molecule has 2 fully saturated rings. The molecule has 2 aliphatic heterocycles.